The van der Waals surface area contributed by atoms with Gasteiger partial charge in [0.15, 0.2) is 8.32 Å². The number of carbonyl (C=O) groups excluding carboxylic acids is 4. The summed E-state index contributed by atoms with van der Waals surface area (Å²) in [5.41, 5.74) is 1.75. The second-order valence-electron chi connectivity index (χ2n) is 13.1. The van der Waals surface area contributed by atoms with Crippen molar-refractivity contribution in [1.82, 2.24) is 9.80 Å². The van der Waals surface area contributed by atoms with Gasteiger partial charge in [-0.2, -0.15) is 0 Å². The maximum absolute atomic E-state index is 12.6. The molecule has 2 saturated heterocycles. The summed E-state index contributed by atoms with van der Waals surface area (Å²) in [6.45, 7) is 11.5. The molecule has 4 rings (SSSR count). The zero-order valence-electron chi connectivity index (χ0n) is 28.3. The van der Waals surface area contributed by atoms with Crippen LogP contribution in [0.1, 0.15) is 44.7 Å². The van der Waals surface area contributed by atoms with Crippen LogP contribution < -0.4 is 0 Å². The first-order valence-electron chi connectivity index (χ1n) is 15.6. The number of rotatable bonds is 8. The summed E-state index contributed by atoms with van der Waals surface area (Å²) in [5.74, 6) is -0.980. The minimum absolute atomic E-state index is 0.0506. The Hall–Kier alpha value is -3.94. The van der Waals surface area contributed by atoms with Crippen molar-refractivity contribution in [2.24, 2.45) is 0 Å². The van der Waals surface area contributed by atoms with Crippen LogP contribution in [0, 0.1) is 0 Å². The highest BCUT2D eigenvalue weighted by Gasteiger charge is 2.46. The number of aliphatic hydroxyl groups excluding tert-OH is 1. The van der Waals surface area contributed by atoms with Gasteiger partial charge in [-0.3, -0.25) is 9.80 Å². The summed E-state index contributed by atoms with van der Waals surface area (Å²) in [6.07, 6.45) is -1.47. The molecule has 47 heavy (non-hydrogen) atoms. The maximum Gasteiger partial charge on any atom is 0.410 e. The van der Waals surface area contributed by atoms with Gasteiger partial charge in [-0.05, 0) is 29.3 Å². The Balaban J connectivity index is 0.000000267. The topological polar surface area (TPSA) is 141 Å². The monoisotopic (exact) mass is 672 g/mol. The molecule has 0 aliphatic carbocycles. The number of hydrogen-bond acceptors (Lipinski definition) is 10. The van der Waals surface area contributed by atoms with Gasteiger partial charge in [-0.25, -0.2) is 19.2 Å². The van der Waals surface area contributed by atoms with Gasteiger partial charge >= 0.3 is 24.1 Å². The van der Waals surface area contributed by atoms with E-state index in [1.54, 1.807) is 0 Å². The van der Waals surface area contributed by atoms with Gasteiger partial charge in [0.1, 0.15) is 25.3 Å². The van der Waals surface area contributed by atoms with Crippen LogP contribution in [-0.2, 0) is 46.2 Å². The molecule has 0 saturated carbocycles. The molecule has 0 unspecified atom stereocenters. The van der Waals surface area contributed by atoms with Gasteiger partial charge < -0.3 is 28.5 Å². The summed E-state index contributed by atoms with van der Waals surface area (Å²) in [5, 5.41) is 9.64. The lowest BCUT2D eigenvalue weighted by Crippen LogP contribution is -2.45. The summed E-state index contributed by atoms with van der Waals surface area (Å²) in [4.78, 5) is 51.0. The van der Waals surface area contributed by atoms with E-state index in [-0.39, 0.29) is 37.3 Å². The van der Waals surface area contributed by atoms with E-state index in [9.17, 15) is 24.3 Å². The minimum Gasteiger partial charge on any atom is -0.467 e. The number of likely N-dealkylation sites (tertiary alicyclic amines) is 2. The van der Waals surface area contributed by atoms with E-state index in [0.717, 1.165) is 11.1 Å². The van der Waals surface area contributed by atoms with Crippen LogP contribution in [0.4, 0.5) is 9.59 Å². The number of amides is 2. The molecule has 2 amide bonds. The predicted octanol–water partition coefficient (Wildman–Crippen LogP) is 4.89. The van der Waals surface area contributed by atoms with Crippen molar-refractivity contribution in [3.8, 4) is 0 Å². The van der Waals surface area contributed by atoms with Gasteiger partial charge in [0.2, 0.25) is 0 Å². The largest absolute Gasteiger partial charge is 0.467 e. The first kappa shape index (κ1) is 37.5. The lowest BCUT2D eigenvalue weighted by atomic mass is 10.2. The third-order valence-corrected chi connectivity index (χ3v) is 13.2. The highest BCUT2D eigenvalue weighted by Crippen LogP contribution is 2.39. The fraction of sp³-hybridized carbons (Fsp3) is 0.529. The number of aliphatic hydroxyl groups is 1. The van der Waals surface area contributed by atoms with Crippen LogP contribution in [0.2, 0.25) is 18.1 Å². The molecule has 258 valence electrons. The first-order chi connectivity index (χ1) is 22.2. The minimum atomic E-state index is -2.01. The number of hydrogen-bond donors (Lipinski definition) is 1. The molecule has 2 fully saturated rings. The van der Waals surface area contributed by atoms with E-state index in [0.29, 0.717) is 13.0 Å². The Kier molecular flexibility index (Phi) is 13.4. The maximum atomic E-state index is 12.6. The van der Waals surface area contributed by atoms with E-state index in [4.69, 9.17) is 18.6 Å². The Morgan fingerprint density at radius 3 is 1.60 bits per heavy atom. The highest BCUT2D eigenvalue weighted by molar-refractivity contribution is 6.74. The summed E-state index contributed by atoms with van der Waals surface area (Å²) in [6, 6.07) is 17.2. The summed E-state index contributed by atoms with van der Waals surface area (Å²) >= 11 is 0. The second kappa shape index (κ2) is 16.8. The molecule has 13 heteroatoms. The number of nitrogens with zero attached hydrogens (tertiary/aromatic N) is 2. The Labute approximate surface area is 278 Å². The third kappa shape index (κ3) is 10.5. The fourth-order valence-electron chi connectivity index (χ4n) is 5.02. The zero-order valence-corrected chi connectivity index (χ0v) is 29.3. The molecule has 1 N–H and O–H groups in total. The second-order valence-corrected chi connectivity index (χ2v) is 17.8. The molecule has 2 heterocycles. The van der Waals surface area contributed by atoms with Crippen molar-refractivity contribution in [2.75, 3.05) is 27.3 Å². The lowest BCUT2D eigenvalue weighted by molar-refractivity contribution is -0.146. The van der Waals surface area contributed by atoms with Crippen molar-refractivity contribution in [3.63, 3.8) is 0 Å². The number of methoxy groups -OCH3 is 2. The Bertz CT molecular complexity index is 1340. The van der Waals surface area contributed by atoms with Crippen LogP contribution in [0.5, 0.6) is 0 Å². The lowest BCUT2D eigenvalue weighted by Gasteiger charge is -2.38. The molecular weight excluding hydrogens is 624 g/mol. The van der Waals surface area contributed by atoms with Crippen molar-refractivity contribution in [2.45, 2.75) is 89.3 Å². The number of esters is 2. The van der Waals surface area contributed by atoms with E-state index in [1.807, 2.05) is 60.7 Å². The average Bonchev–Trinajstić information content (AvgIpc) is 3.66. The molecule has 0 spiro atoms. The zero-order chi connectivity index (χ0) is 34.8. The normalized spacial score (nSPS) is 20.9. The summed E-state index contributed by atoms with van der Waals surface area (Å²) in [7, 11) is 0.571. The van der Waals surface area contributed by atoms with Crippen LogP contribution >= 0.6 is 0 Å². The standard InChI is InChI=1S/C20H31NO5Si.C14H17NO5/c1-20(2,3)27(5,6)26-16-12-17(18(22)24-4)21(13-16)19(23)25-14-15-10-8-7-9-11-15;1-19-13(17)12-7-11(16)8-15(12)14(18)20-9-10-5-3-2-4-6-10/h7-11,16-17H,12-14H2,1-6H3;2-6,11-12,16H,7-9H2,1H3/t16-,17+;11-,12+/m11/s1. The van der Waals surface area contributed by atoms with E-state index in [2.05, 4.69) is 38.6 Å². The van der Waals surface area contributed by atoms with Gasteiger partial charge in [-0.1, -0.05) is 81.4 Å². The molecule has 4 atom stereocenters. The molecule has 12 nitrogen and oxygen atoms in total. The van der Waals surface area contributed by atoms with E-state index < -0.39 is 50.6 Å². The van der Waals surface area contributed by atoms with Crippen LogP contribution in [-0.4, -0.2) is 98.9 Å². The van der Waals surface area contributed by atoms with Gasteiger partial charge in [0.05, 0.1) is 33.0 Å². The van der Waals surface area contributed by atoms with E-state index in [1.165, 1.54) is 24.0 Å². The molecule has 0 bridgehead atoms. The number of benzene rings is 2. The van der Waals surface area contributed by atoms with Crippen molar-refractivity contribution >= 4 is 32.4 Å². The molecule has 2 aliphatic heterocycles. The summed E-state index contributed by atoms with van der Waals surface area (Å²) < 4.78 is 26.5. The number of ether oxygens (including phenoxy) is 4. The molecule has 2 aromatic carbocycles. The predicted molar refractivity (Wildman–Crippen MR) is 176 cm³/mol. The van der Waals surface area contributed by atoms with Crippen molar-refractivity contribution in [1.29, 1.82) is 0 Å². The number of carbonyl (C=O) groups is 4. The molecule has 2 aromatic rings. The molecule has 0 aromatic heterocycles. The fourth-order valence-corrected chi connectivity index (χ4v) is 6.37. The average molecular weight is 673 g/mol. The smallest absolute Gasteiger partial charge is 0.410 e. The van der Waals surface area contributed by atoms with E-state index >= 15 is 0 Å². The van der Waals surface area contributed by atoms with Gasteiger partial charge in [0.25, 0.3) is 0 Å². The molecule has 0 radical (unpaired) electrons. The quantitative estimate of drug-likeness (QED) is 0.234. The molecule has 2 aliphatic rings. The van der Waals surface area contributed by atoms with Crippen LogP contribution in [0.15, 0.2) is 60.7 Å². The molecular formula is C34H48N2O10Si. The number of β-amino-alcohol motifs (C(OH)–C–C–N with tert-alkyl or cyclic N) is 1. The van der Waals surface area contributed by atoms with Crippen LogP contribution in [0.25, 0.3) is 0 Å². The van der Waals surface area contributed by atoms with Crippen molar-refractivity contribution in [3.05, 3.63) is 71.8 Å². The first-order valence-corrected chi connectivity index (χ1v) is 18.5. The third-order valence-electron chi connectivity index (χ3n) is 8.64. The SMILES string of the molecule is COC(=O)[C@@H]1C[C@@H](O)CN1C(=O)OCc1ccccc1.COC(=O)[C@@H]1C[C@@H](O[Si](C)(C)C(C)(C)C)CN1C(=O)OCc1ccccc1. The highest BCUT2D eigenvalue weighted by atomic mass is 28.4. The van der Waals surface area contributed by atoms with Gasteiger partial charge in [0, 0.05) is 19.4 Å². The van der Waals surface area contributed by atoms with Gasteiger partial charge in [-0.15, -0.1) is 0 Å². The Morgan fingerprint density at radius 1 is 0.745 bits per heavy atom. The Morgan fingerprint density at radius 2 is 1.17 bits per heavy atom. The van der Waals surface area contributed by atoms with Crippen molar-refractivity contribution < 1.29 is 47.7 Å². The van der Waals surface area contributed by atoms with Crippen LogP contribution in [0.3, 0.4) is 0 Å².